The van der Waals surface area contributed by atoms with Crippen LogP contribution < -0.4 is 10.1 Å². The molecule has 0 fully saturated rings. The van der Waals surface area contributed by atoms with Gasteiger partial charge in [-0.3, -0.25) is 0 Å². The number of pyridine rings is 1. The van der Waals surface area contributed by atoms with Crippen LogP contribution in [0.2, 0.25) is 4.34 Å². The van der Waals surface area contributed by atoms with E-state index in [1.165, 1.54) is 4.88 Å². The van der Waals surface area contributed by atoms with Gasteiger partial charge in [-0.05, 0) is 38.1 Å². The fourth-order valence-electron chi connectivity index (χ4n) is 1.62. The summed E-state index contributed by atoms with van der Waals surface area (Å²) in [6.07, 6.45) is 1.73. The van der Waals surface area contributed by atoms with E-state index in [2.05, 4.69) is 17.2 Å². The summed E-state index contributed by atoms with van der Waals surface area (Å²) in [6.45, 7) is 4.64. The predicted octanol–water partition coefficient (Wildman–Crippen LogP) is 4.37. The van der Waals surface area contributed by atoms with Gasteiger partial charge in [-0.15, -0.1) is 11.3 Å². The van der Waals surface area contributed by atoms with Crippen LogP contribution in [0.15, 0.2) is 30.5 Å². The number of hydrogen-bond acceptors (Lipinski definition) is 4. The highest BCUT2D eigenvalue weighted by Crippen LogP contribution is 2.31. The van der Waals surface area contributed by atoms with Gasteiger partial charge in [-0.25, -0.2) is 4.98 Å². The number of hydrogen-bond donors (Lipinski definition) is 1. The molecule has 2 aromatic heterocycles. The number of halogens is 1. The molecule has 2 aromatic rings. The first kappa shape index (κ1) is 13.2. The minimum atomic E-state index is 0.172. The Hall–Kier alpha value is -1.26. The van der Waals surface area contributed by atoms with E-state index in [4.69, 9.17) is 16.3 Å². The fourth-order valence-corrected chi connectivity index (χ4v) is 2.68. The highest BCUT2D eigenvalue weighted by atomic mass is 35.5. The third kappa shape index (κ3) is 3.15. The van der Waals surface area contributed by atoms with E-state index in [0.29, 0.717) is 12.5 Å². The van der Waals surface area contributed by atoms with Crippen LogP contribution >= 0.6 is 22.9 Å². The number of thiophene rings is 1. The van der Waals surface area contributed by atoms with Crippen LogP contribution in [0.25, 0.3) is 0 Å². The van der Waals surface area contributed by atoms with E-state index in [1.807, 2.05) is 31.2 Å². The molecule has 0 bridgehead atoms. The molecule has 1 unspecified atom stereocenters. The van der Waals surface area contributed by atoms with Crippen molar-refractivity contribution in [1.82, 2.24) is 4.98 Å². The molecule has 2 rings (SSSR count). The zero-order valence-corrected chi connectivity index (χ0v) is 11.9. The Labute approximate surface area is 116 Å². The fraction of sp³-hybridized carbons (Fsp3) is 0.308. The smallest absolute Gasteiger partial charge is 0.237 e. The zero-order valence-electron chi connectivity index (χ0n) is 10.3. The second-order valence-electron chi connectivity index (χ2n) is 3.80. The van der Waals surface area contributed by atoms with E-state index in [1.54, 1.807) is 17.5 Å². The summed E-state index contributed by atoms with van der Waals surface area (Å²) in [5.41, 5.74) is 0.899. The molecule has 0 saturated heterocycles. The zero-order chi connectivity index (χ0) is 13.0. The van der Waals surface area contributed by atoms with E-state index >= 15 is 0 Å². The van der Waals surface area contributed by atoms with Gasteiger partial charge in [0.2, 0.25) is 5.88 Å². The van der Waals surface area contributed by atoms with Crippen molar-refractivity contribution in [2.45, 2.75) is 19.9 Å². The third-order valence-corrected chi connectivity index (χ3v) is 3.86. The van der Waals surface area contributed by atoms with Crippen LogP contribution in [0.4, 0.5) is 5.69 Å². The van der Waals surface area contributed by atoms with Gasteiger partial charge in [0.1, 0.15) is 0 Å². The molecule has 0 aliphatic heterocycles. The summed E-state index contributed by atoms with van der Waals surface area (Å²) in [7, 11) is 0. The molecule has 0 aliphatic rings. The molecule has 0 amide bonds. The van der Waals surface area contributed by atoms with Crippen LogP contribution in [0.1, 0.15) is 24.8 Å². The Morgan fingerprint density at radius 3 is 2.94 bits per heavy atom. The maximum atomic E-state index is 5.94. The lowest BCUT2D eigenvalue weighted by molar-refractivity contribution is 0.328. The summed E-state index contributed by atoms with van der Waals surface area (Å²) in [5, 5.41) is 3.39. The minimum Gasteiger partial charge on any atom is -0.476 e. The van der Waals surface area contributed by atoms with Crippen molar-refractivity contribution in [3.05, 3.63) is 39.7 Å². The Balaban J connectivity index is 2.13. The first-order valence-corrected chi connectivity index (χ1v) is 6.99. The maximum absolute atomic E-state index is 5.94. The highest BCUT2D eigenvalue weighted by molar-refractivity contribution is 7.16. The van der Waals surface area contributed by atoms with Crippen LogP contribution in [-0.4, -0.2) is 11.6 Å². The van der Waals surface area contributed by atoms with Crippen molar-refractivity contribution >= 4 is 28.6 Å². The van der Waals surface area contributed by atoms with Crippen molar-refractivity contribution in [3.8, 4) is 5.88 Å². The molecule has 5 heteroatoms. The highest BCUT2D eigenvalue weighted by Gasteiger charge is 2.11. The summed E-state index contributed by atoms with van der Waals surface area (Å²) in [5.74, 6) is 0.634. The van der Waals surface area contributed by atoms with Crippen LogP contribution in [0.3, 0.4) is 0 Å². The average Bonchev–Trinajstić information content (AvgIpc) is 2.79. The SMILES string of the molecule is CCOc1ncccc1NC(C)c1ccc(Cl)s1. The normalized spacial score (nSPS) is 12.2. The van der Waals surface area contributed by atoms with Gasteiger partial charge in [-0.2, -0.15) is 0 Å². The second-order valence-corrected chi connectivity index (χ2v) is 5.54. The topological polar surface area (TPSA) is 34.1 Å². The second kappa shape index (κ2) is 6.07. The summed E-state index contributed by atoms with van der Waals surface area (Å²) in [6, 6.07) is 7.96. The standard InChI is InChI=1S/C13H15ClN2OS/c1-3-17-13-10(5-4-8-15-13)16-9(2)11-6-7-12(14)18-11/h4-9,16H,3H2,1-2H3. The molecular formula is C13H15ClN2OS. The quantitative estimate of drug-likeness (QED) is 0.884. The maximum Gasteiger partial charge on any atom is 0.237 e. The van der Waals surface area contributed by atoms with Crippen molar-refractivity contribution in [3.63, 3.8) is 0 Å². The van der Waals surface area contributed by atoms with E-state index in [0.717, 1.165) is 10.0 Å². The third-order valence-electron chi connectivity index (χ3n) is 2.44. The lowest BCUT2D eigenvalue weighted by Crippen LogP contribution is -2.07. The Kier molecular flexibility index (Phi) is 4.44. The number of ether oxygens (including phenoxy) is 1. The van der Waals surface area contributed by atoms with Gasteiger partial charge in [0.15, 0.2) is 0 Å². The molecule has 3 nitrogen and oxygen atoms in total. The monoisotopic (exact) mass is 282 g/mol. The molecule has 1 atom stereocenters. The average molecular weight is 283 g/mol. The number of anilines is 1. The van der Waals surface area contributed by atoms with Crippen molar-refractivity contribution < 1.29 is 4.74 Å². The van der Waals surface area contributed by atoms with Crippen molar-refractivity contribution in [2.75, 3.05) is 11.9 Å². The molecular weight excluding hydrogens is 268 g/mol. The van der Waals surface area contributed by atoms with Gasteiger partial charge in [0.05, 0.1) is 22.7 Å². The molecule has 96 valence electrons. The van der Waals surface area contributed by atoms with Gasteiger partial charge >= 0.3 is 0 Å². The molecule has 0 aromatic carbocycles. The van der Waals surface area contributed by atoms with Crippen LogP contribution in [0.5, 0.6) is 5.88 Å². The summed E-state index contributed by atoms with van der Waals surface area (Å²) in [4.78, 5) is 5.40. The van der Waals surface area contributed by atoms with E-state index in [9.17, 15) is 0 Å². The molecule has 0 aliphatic carbocycles. The minimum absolute atomic E-state index is 0.172. The summed E-state index contributed by atoms with van der Waals surface area (Å²) < 4.78 is 6.28. The number of nitrogens with zero attached hydrogens (tertiary/aromatic N) is 1. The van der Waals surface area contributed by atoms with Crippen LogP contribution in [-0.2, 0) is 0 Å². The number of nitrogens with one attached hydrogen (secondary N) is 1. The molecule has 0 spiro atoms. The molecule has 1 N–H and O–H groups in total. The summed E-state index contributed by atoms with van der Waals surface area (Å²) >= 11 is 7.52. The molecule has 2 heterocycles. The Bertz CT molecular complexity index is 515. The lowest BCUT2D eigenvalue weighted by Gasteiger charge is -2.16. The van der Waals surface area contributed by atoms with Crippen molar-refractivity contribution in [2.24, 2.45) is 0 Å². The first-order chi connectivity index (χ1) is 8.70. The van der Waals surface area contributed by atoms with Crippen LogP contribution in [0, 0.1) is 0 Å². The Morgan fingerprint density at radius 1 is 1.44 bits per heavy atom. The number of aromatic nitrogens is 1. The molecule has 0 saturated carbocycles. The first-order valence-electron chi connectivity index (χ1n) is 5.80. The van der Waals surface area contributed by atoms with Gasteiger partial charge in [0, 0.05) is 11.1 Å². The van der Waals surface area contributed by atoms with Gasteiger partial charge in [-0.1, -0.05) is 11.6 Å². The van der Waals surface area contributed by atoms with E-state index < -0.39 is 0 Å². The predicted molar refractivity (Wildman–Crippen MR) is 76.8 cm³/mol. The molecule has 18 heavy (non-hydrogen) atoms. The lowest BCUT2D eigenvalue weighted by atomic mass is 10.2. The van der Waals surface area contributed by atoms with Gasteiger partial charge < -0.3 is 10.1 Å². The van der Waals surface area contributed by atoms with E-state index in [-0.39, 0.29) is 6.04 Å². The number of rotatable bonds is 5. The van der Waals surface area contributed by atoms with Crippen molar-refractivity contribution in [1.29, 1.82) is 0 Å². The van der Waals surface area contributed by atoms with Gasteiger partial charge in [0.25, 0.3) is 0 Å². The Morgan fingerprint density at radius 2 is 2.28 bits per heavy atom. The largest absolute Gasteiger partial charge is 0.476 e. The molecule has 0 radical (unpaired) electrons.